The van der Waals surface area contributed by atoms with Crippen molar-refractivity contribution in [2.45, 2.75) is 32.9 Å². The molecule has 0 aliphatic heterocycles. The minimum atomic E-state index is -1.19. The number of carbonyl (C=O) groups is 2. The number of aliphatic carboxylic acids is 1. The van der Waals surface area contributed by atoms with Crippen molar-refractivity contribution in [1.82, 2.24) is 5.32 Å². The molecule has 1 unspecified atom stereocenters. The Kier molecular flexibility index (Phi) is 5.68. The van der Waals surface area contributed by atoms with Gasteiger partial charge in [0.05, 0.1) is 0 Å². The van der Waals surface area contributed by atoms with Crippen LogP contribution in [0.4, 0.5) is 0 Å². The van der Waals surface area contributed by atoms with Crippen molar-refractivity contribution in [3.8, 4) is 5.75 Å². The summed E-state index contributed by atoms with van der Waals surface area (Å²) in [4.78, 5) is 35.9. The van der Waals surface area contributed by atoms with E-state index in [9.17, 15) is 19.5 Å². The Balaban J connectivity index is 1.77. The zero-order valence-corrected chi connectivity index (χ0v) is 16.3. The van der Waals surface area contributed by atoms with Crippen molar-refractivity contribution in [1.29, 1.82) is 0 Å². The summed E-state index contributed by atoms with van der Waals surface area (Å²) >= 11 is 0. The molecule has 1 aromatic heterocycles. The van der Waals surface area contributed by atoms with Gasteiger partial charge in [0, 0.05) is 17.0 Å². The van der Waals surface area contributed by atoms with Crippen molar-refractivity contribution < 1.29 is 23.8 Å². The number of carboxylic acids is 1. The molecule has 3 aromatic rings. The first-order valence-electron chi connectivity index (χ1n) is 9.06. The van der Waals surface area contributed by atoms with E-state index in [2.05, 4.69) is 5.32 Å². The fourth-order valence-corrected chi connectivity index (χ4v) is 2.95. The van der Waals surface area contributed by atoms with Gasteiger partial charge in [-0.1, -0.05) is 30.3 Å². The van der Waals surface area contributed by atoms with E-state index in [-0.39, 0.29) is 0 Å². The number of aryl methyl sites for hydroxylation is 1. The molecule has 2 N–H and O–H groups in total. The molecule has 7 nitrogen and oxygen atoms in total. The summed E-state index contributed by atoms with van der Waals surface area (Å²) in [6, 6.07) is 12.2. The summed E-state index contributed by atoms with van der Waals surface area (Å²) in [5, 5.41) is 12.7. The van der Waals surface area contributed by atoms with Gasteiger partial charge in [-0.05, 0) is 44.0 Å². The Morgan fingerprint density at radius 1 is 1.07 bits per heavy atom. The van der Waals surface area contributed by atoms with Gasteiger partial charge >= 0.3 is 11.6 Å². The maximum atomic E-state index is 12.5. The Labute approximate surface area is 166 Å². The largest absolute Gasteiger partial charge is 0.481 e. The van der Waals surface area contributed by atoms with Gasteiger partial charge in [-0.2, -0.15) is 0 Å². The van der Waals surface area contributed by atoms with Gasteiger partial charge in [0.1, 0.15) is 11.3 Å². The van der Waals surface area contributed by atoms with Crippen LogP contribution in [0, 0.1) is 13.8 Å². The zero-order valence-electron chi connectivity index (χ0n) is 16.3. The highest BCUT2D eigenvalue weighted by molar-refractivity contribution is 5.87. The summed E-state index contributed by atoms with van der Waals surface area (Å²) in [5.74, 6) is -1.42. The number of carbonyl (C=O) groups excluding carboxylic acids is 1. The summed E-state index contributed by atoms with van der Waals surface area (Å²) in [6.07, 6.45) is -0.962. The van der Waals surface area contributed by atoms with Crippen LogP contribution in [0.25, 0.3) is 11.0 Å². The number of ether oxygens (including phenoxy) is 1. The molecule has 0 radical (unpaired) electrons. The van der Waals surface area contributed by atoms with Crippen molar-refractivity contribution in [2.75, 3.05) is 0 Å². The van der Waals surface area contributed by atoms with E-state index in [1.54, 1.807) is 55.5 Å². The van der Waals surface area contributed by atoms with Crippen LogP contribution in [0.15, 0.2) is 57.7 Å². The summed E-state index contributed by atoms with van der Waals surface area (Å²) in [7, 11) is 0. The molecule has 2 aromatic carbocycles. The van der Waals surface area contributed by atoms with E-state index >= 15 is 0 Å². The van der Waals surface area contributed by atoms with Crippen LogP contribution >= 0.6 is 0 Å². The van der Waals surface area contributed by atoms with Crippen LogP contribution < -0.4 is 15.7 Å². The van der Waals surface area contributed by atoms with Crippen LogP contribution in [0.1, 0.15) is 29.7 Å². The summed E-state index contributed by atoms with van der Waals surface area (Å²) in [6.45, 7) is 5.05. The van der Waals surface area contributed by atoms with Gasteiger partial charge in [-0.15, -0.1) is 0 Å². The van der Waals surface area contributed by atoms with E-state index in [0.29, 0.717) is 22.5 Å². The third kappa shape index (κ3) is 4.29. The highest BCUT2D eigenvalue weighted by atomic mass is 16.5. The SMILES string of the molecule is Cc1c(C)c2ccc(OC(C)C(=O)N[C@H](C(=O)O)c3ccccc3)cc2oc1=O. The number of amides is 1. The van der Waals surface area contributed by atoms with Crippen LogP contribution in [-0.4, -0.2) is 23.1 Å². The average Bonchev–Trinajstić information content (AvgIpc) is 2.70. The highest BCUT2D eigenvalue weighted by Crippen LogP contribution is 2.24. The lowest BCUT2D eigenvalue weighted by Gasteiger charge is -2.19. The average molecular weight is 395 g/mol. The molecule has 3 rings (SSSR count). The molecule has 0 saturated carbocycles. The fourth-order valence-electron chi connectivity index (χ4n) is 2.95. The number of fused-ring (bicyclic) bond motifs is 1. The van der Waals surface area contributed by atoms with Crippen LogP contribution in [-0.2, 0) is 9.59 Å². The normalized spacial score (nSPS) is 12.9. The van der Waals surface area contributed by atoms with E-state index < -0.39 is 29.6 Å². The lowest BCUT2D eigenvalue weighted by molar-refractivity contribution is -0.143. The van der Waals surface area contributed by atoms with Crippen molar-refractivity contribution in [2.24, 2.45) is 0 Å². The van der Waals surface area contributed by atoms with E-state index in [1.165, 1.54) is 6.92 Å². The Hall–Kier alpha value is -3.61. The first kappa shape index (κ1) is 20.1. The minimum Gasteiger partial charge on any atom is -0.481 e. The number of carboxylic acid groups (broad SMARTS) is 1. The summed E-state index contributed by atoms with van der Waals surface area (Å²) < 4.78 is 10.9. The topological polar surface area (TPSA) is 106 Å². The Morgan fingerprint density at radius 2 is 1.76 bits per heavy atom. The lowest BCUT2D eigenvalue weighted by atomic mass is 10.1. The molecule has 0 bridgehead atoms. The van der Waals surface area contributed by atoms with Crippen molar-refractivity contribution in [3.63, 3.8) is 0 Å². The van der Waals surface area contributed by atoms with E-state index in [1.807, 2.05) is 6.92 Å². The molecule has 0 spiro atoms. The molecule has 0 aliphatic rings. The smallest absolute Gasteiger partial charge is 0.339 e. The summed E-state index contributed by atoms with van der Waals surface area (Å²) in [5.41, 5.74) is 1.75. The van der Waals surface area contributed by atoms with Crippen LogP contribution in [0.3, 0.4) is 0 Å². The third-order valence-electron chi connectivity index (χ3n) is 4.78. The zero-order chi connectivity index (χ0) is 21.1. The molecular weight excluding hydrogens is 374 g/mol. The number of nitrogens with one attached hydrogen (secondary N) is 1. The van der Waals surface area contributed by atoms with Crippen molar-refractivity contribution in [3.05, 3.63) is 75.6 Å². The van der Waals surface area contributed by atoms with Gasteiger partial charge in [0.25, 0.3) is 5.91 Å². The fraction of sp³-hybridized carbons (Fsp3) is 0.227. The number of hydrogen-bond donors (Lipinski definition) is 2. The molecule has 0 aliphatic carbocycles. The van der Waals surface area contributed by atoms with Gasteiger partial charge in [0.15, 0.2) is 12.1 Å². The first-order valence-corrected chi connectivity index (χ1v) is 9.06. The van der Waals surface area contributed by atoms with Gasteiger partial charge in [0.2, 0.25) is 0 Å². The second-order valence-corrected chi connectivity index (χ2v) is 6.75. The predicted molar refractivity (Wildman–Crippen MR) is 107 cm³/mol. The molecule has 29 heavy (non-hydrogen) atoms. The highest BCUT2D eigenvalue weighted by Gasteiger charge is 2.25. The van der Waals surface area contributed by atoms with Crippen LogP contribution in [0.5, 0.6) is 5.75 Å². The molecular formula is C22H21NO6. The molecule has 0 fully saturated rings. The Morgan fingerprint density at radius 3 is 2.41 bits per heavy atom. The molecule has 2 atom stereocenters. The predicted octanol–water partition coefficient (Wildman–Crippen LogP) is 3.12. The number of rotatable bonds is 6. The second-order valence-electron chi connectivity index (χ2n) is 6.75. The number of hydrogen-bond acceptors (Lipinski definition) is 5. The lowest BCUT2D eigenvalue weighted by Crippen LogP contribution is -2.41. The van der Waals surface area contributed by atoms with Gasteiger partial charge in [-0.3, -0.25) is 4.79 Å². The van der Waals surface area contributed by atoms with E-state index in [0.717, 1.165) is 10.9 Å². The molecule has 1 amide bonds. The monoisotopic (exact) mass is 395 g/mol. The van der Waals surface area contributed by atoms with E-state index in [4.69, 9.17) is 9.15 Å². The Bertz CT molecular complexity index is 1120. The first-order chi connectivity index (χ1) is 13.8. The molecule has 150 valence electrons. The van der Waals surface area contributed by atoms with Crippen LogP contribution in [0.2, 0.25) is 0 Å². The molecule has 7 heteroatoms. The van der Waals surface area contributed by atoms with Gasteiger partial charge in [-0.25, -0.2) is 9.59 Å². The standard InChI is InChI=1S/C22H21NO6/c1-12-13(2)22(27)29-18-11-16(9-10-17(12)18)28-14(3)20(24)23-19(21(25)26)15-7-5-4-6-8-15/h4-11,14,19H,1-3H3,(H,23,24)(H,25,26)/t14?,19-/m0/s1. The maximum Gasteiger partial charge on any atom is 0.339 e. The molecule has 1 heterocycles. The van der Waals surface area contributed by atoms with Gasteiger partial charge < -0.3 is 19.6 Å². The quantitative estimate of drug-likeness (QED) is 0.621. The molecule has 0 saturated heterocycles. The number of benzene rings is 2. The third-order valence-corrected chi connectivity index (χ3v) is 4.78. The minimum absolute atomic E-state index is 0.332. The maximum absolute atomic E-state index is 12.5. The van der Waals surface area contributed by atoms with Crippen molar-refractivity contribution >= 4 is 22.8 Å². The second kappa shape index (κ2) is 8.18.